The number of H-pyrrole nitrogens is 1. The molecule has 4 heteroatoms. The van der Waals surface area contributed by atoms with Gasteiger partial charge in [-0.1, -0.05) is 12.1 Å². The van der Waals surface area contributed by atoms with Crippen LogP contribution in [0.1, 0.15) is 16.2 Å². The summed E-state index contributed by atoms with van der Waals surface area (Å²) < 4.78 is 0. The van der Waals surface area contributed by atoms with Crippen molar-refractivity contribution in [2.75, 3.05) is 6.54 Å². The molecule has 0 atom stereocenters. The topological polar surface area (TPSA) is 57.8 Å². The van der Waals surface area contributed by atoms with Crippen LogP contribution in [-0.2, 0) is 0 Å². The van der Waals surface area contributed by atoms with E-state index in [2.05, 4.69) is 21.9 Å². The smallest absolute Gasteiger partial charge is 0.253 e. The maximum atomic E-state index is 11.8. The Kier molecular flexibility index (Phi) is 2.72. The summed E-state index contributed by atoms with van der Waals surface area (Å²) in [5, 5.41) is 2.74. The monoisotopic (exact) mass is 215 g/mol. The molecule has 0 bridgehead atoms. The molecule has 0 aliphatic rings. The number of aromatic amines is 1. The molecule has 1 aromatic heterocycles. The summed E-state index contributed by atoms with van der Waals surface area (Å²) in [5.41, 5.74) is 2.18. The molecule has 0 fully saturated rings. The van der Waals surface area contributed by atoms with Gasteiger partial charge >= 0.3 is 0 Å². The highest BCUT2D eigenvalue weighted by Gasteiger charge is 2.11. The van der Waals surface area contributed by atoms with Gasteiger partial charge in [-0.15, -0.1) is 6.58 Å². The molecule has 1 heterocycles. The van der Waals surface area contributed by atoms with Crippen LogP contribution in [0.5, 0.6) is 0 Å². The molecule has 0 aliphatic heterocycles. The second-order valence-corrected chi connectivity index (χ2v) is 3.52. The molecule has 1 amide bonds. The Morgan fingerprint density at radius 1 is 1.62 bits per heavy atom. The number of amides is 1. The zero-order chi connectivity index (χ0) is 11.5. The minimum atomic E-state index is -0.128. The first-order valence-electron chi connectivity index (χ1n) is 5.07. The lowest BCUT2D eigenvalue weighted by atomic mass is 10.1. The summed E-state index contributed by atoms with van der Waals surface area (Å²) in [5.74, 6) is 0.677. The van der Waals surface area contributed by atoms with Gasteiger partial charge < -0.3 is 10.3 Å². The minimum absolute atomic E-state index is 0.128. The third-order valence-corrected chi connectivity index (χ3v) is 2.28. The Labute approximate surface area is 93.4 Å². The van der Waals surface area contributed by atoms with Crippen LogP contribution >= 0.6 is 0 Å². The maximum Gasteiger partial charge on any atom is 0.253 e. The number of aryl methyl sites for hydroxylation is 1. The van der Waals surface area contributed by atoms with Crippen molar-refractivity contribution in [3.05, 3.63) is 42.2 Å². The van der Waals surface area contributed by atoms with Gasteiger partial charge in [0.15, 0.2) is 0 Å². The van der Waals surface area contributed by atoms with Gasteiger partial charge in [-0.25, -0.2) is 4.98 Å². The van der Waals surface area contributed by atoms with Gasteiger partial charge in [0.2, 0.25) is 0 Å². The molecular formula is C12H13N3O. The Hall–Kier alpha value is -2.10. The summed E-state index contributed by atoms with van der Waals surface area (Å²) in [6.45, 7) is 5.88. The number of para-hydroxylation sites is 1. The van der Waals surface area contributed by atoms with Crippen molar-refractivity contribution >= 4 is 16.9 Å². The van der Waals surface area contributed by atoms with E-state index in [4.69, 9.17) is 0 Å². The zero-order valence-electron chi connectivity index (χ0n) is 9.08. The second-order valence-electron chi connectivity index (χ2n) is 3.52. The van der Waals surface area contributed by atoms with Crippen molar-refractivity contribution in [1.29, 1.82) is 0 Å². The van der Waals surface area contributed by atoms with Gasteiger partial charge in [0.05, 0.1) is 11.1 Å². The SMILES string of the molecule is C=CCNC(=O)c1cccc2[nH]c(C)nc12. The standard InChI is InChI=1S/C12H13N3O/c1-3-7-13-12(16)9-5-4-6-10-11(9)15-8(2)14-10/h3-6H,1,7H2,2H3,(H,13,16)(H,14,15). The molecule has 2 rings (SSSR count). The third-order valence-electron chi connectivity index (χ3n) is 2.28. The molecular weight excluding hydrogens is 202 g/mol. The van der Waals surface area contributed by atoms with E-state index < -0.39 is 0 Å². The summed E-state index contributed by atoms with van der Waals surface area (Å²) in [4.78, 5) is 19.2. The molecule has 0 saturated heterocycles. The first-order valence-corrected chi connectivity index (χ1v) is 5.07. The first kappa shape index (κ1) is 10.4. The highest BCUT2D eigenvalue weighted by Crippen LogP contribution is 2.15. The van der Waals surface area contributed by atoms with Crippen LogP contribution in [0.3, 0.4) is 0 Å². The van der Waals surface area contributed by atoms with Crippen LogP contribution in [0, 0.1) is 6.92 Å². The number of hydrogen-bond acceptors (Lipinski definition) is 2. The number of rotatable bonds is 3. The van der Waals surface area contributed by atoms with E-state index in [0.717, 1.165) is 11.3 Å². The number of carbonyl (C=O) groups is 1. The van der Waals surface area contributed by atoms with Crippen LogP contribution in [0.2, 0.25) is 0 Å². The summed E-state index contributed by atoms with van der Waals surface area (Å²) in [7, 11) is 0. The van der Waals surface area contributed by atoms with E-state index in [1.165, 1.54) is 0 Å². The average molecular weight is 215 g/mol. The van der Waals surface area contributed by atoms with Gasteiger partial charge in [-0.05, 0) is 19.1 Å². The van der Waals surface area contributed by atoms with Gasteiger partial charge in [0, 0.05) is 6.54 Å². The number of hydrogen-bond donors (Lipinski definition) is 2. The Balaban J connectivity index is 2.43. The number of carbonyl (C=O) groups excluding carboxylic acids is 1. The van der Waals surface area contributed by atoms with E-state index in [9.17, 15) is 4.79 Å². The van der Waals surface area contributed by atoms with E-state index in [-0.39, 0.29) is 5.91 Å². The Morgan fingerprint density at radius 2 is 2.44 bits per heavy atom. The van der Waals surface area contributed by atoms with Gasteiger partial charge in [-0.2, -0.15) is 0 Å². The summed E-state index contributed by atoms with van der Waals surface area (Å²) in [6.07, 6.45) is 1.65. The molecule has 0 radical (unpaired) electrons. The number of nitrogens with one attached hydrogen (secondary N) is 2. The average Bonchev–Trinajstić information content (AvgIpc) is 2.65. The van der Waals surface area contributed by atoms with Crippen LogP contribution in [0.4, 0.5) is 0 Å². The quantitative estimate of drug-likeness (QED) is 0.767. The number of imidazole rings is 1. The van der Waals surface area contributed by atoms with Gasteiger partial charge in [0.25, 0.3) is 5.91 Å². The highest BCUT2D eigenvalue weighted by atomic mass is 16.1. The van der Waals surface area contributed by atoms with Crippen LogP contribution in [0.25, 0.3) is 11.0 Å². The lowest BCUT2D eigenvalue weighted by Gasteiger charge is -2.02. The van der Waals surface area contributed by atoms with Crippen LogP contribution < -0.4 is 5.32 Å². The minimum Gasteiger partial charge on any atom is -0.349 e. The highest BCUT2D eigenvalue weighted by molar-refractivity contribution is 6.04. The lowest BCUT2D eigenvalue weighted by molar-refractivity contribution is 0.0959. The number of nitrogens with zero attached hydrogens (tertiary/aromatic N) is 1. The zero-order valence-corrected chi connectivity index (χ0v) is 9.08. The summed E-state index contributed by atoms with van der Waals surface area (Å²) in [6, 6.07) is 5.50. The van der Waals surface area contributed by atoms with Crippen molar-refractivity contribution in [2.24, 2.45) is 0 Å². The number of fused-ring (bicyclic) bond motifs is 1. The molecule has 0 unspecified atom stereocenters. The first-order chi connectivity index (χ1) is 7.72. The van der Waals surface area contributed by atoms with Crippen molar-refractivity contribution in [1.82, 2.24) is 15.3 Å². The lowest BCUT2D eigenvalue weighted by Crippen LogP contribution is -2.23. The summed E-state index contributed by atoms with van der Waals surface area (Å²) >= 11 is 0. The van der Waals surface area contributed by atoms with Gasteiger partial charge in [0.1, 0.15) is 11.3 Å². The molecule has 0 saturated carbocycles. The van der Waals surface area contributed by atoms with Crippen molar-refractivity contribution < 1.29 is 4.79 Å². The van der Waals surface area contributed by atoms with E-state index >= 15 is 0 Å². The fourth-order valence-corrected chi connectivity index (χ4v) is 1.60. The Morgan fingerprint density at radius 3 is 3.19 bits per heavy atom. The molecule has 4 nitrogen and oxygen atoms in total. The van der Waals surface area contributed by atoms with Crippen molar-refractivity contribution in [3.8, 4) is 0 Å². The molecule has 0 spiro atoms. The number of aromatic nitrogens is 2. The fraction of sp³-hybridized carbons (Fsp3) is 0.167. The predicted octanol–water partition coefficient (Wildman–Crippen LogP) is 1.79. The molecule has 0 aliphatic carbocycles. The van der Waals surface area contributed by atoms with E-state index in [0.29, 0.717) is 17.6 Å². The van der Waals surface area contributed by atoms with Crippen LogP contribution in [0.15, 0.2) is 30.9 Å². The molecule has 1 aromatic carbocycles. The third kappa shape index (κ3) is 1.82. The van der Waals surface area contributed by atoms with E-state index in [1.54, 1.807) is 12.1 Å². The molecule has 2 aromatic rings. The van der Waals surface area contributed by atoms with E-state index in [1.807, 2.05) is 19.1 Å². The van der Waals surface area contributed by atoms with Crippen LogP contribution in [-0.4, -0.2) is 22.4 Å². The normalized spacial score (nSPS) is 10.3. The van der Waals surface area contributed by atoms with Crippen molar-refractivity contribution in [2.45, 2.75) is 6.92 Å². The van der Waals surface area contributed by atoms with Gasteiger partial charge in [-0.3, -0.25) is 4.79 Å². The van der Waals surface area contributed by atoms with Crippen molar-refractivity contribution in [3.63, 3.8) is 0 Å². The second kappa shape index (κ2) is 4.18. The Bertz CT molecular complexity index is 542. The number of benzene rings is 1. The fourth-order valence-electron chi connectivity index (χ4n) is 1.60. The molecule has 16 heavy (non-hydrogen) atoms. The largest absolute Gasteiger partial charge is 0.349 e. The maximum absolute atomic E-state index is 11.8. The molecule has 82 valence electrons. The predicted molar refractivity (Wildman–Crippen MR) is 63.4 cm³/mol. The molecule has 2 N–H and O–H groups in total.